The van der Waals surface area contributed by atoms with Gasteiger partial charge in [0.15, 0.2) is 5.82 Å². The molecular formula is C20H22Br2N6O4S. The van der Waals surface area contributed by atoms with E-state index in [0.717, 1.165) is 8.95 Å². The van der Waals surface area contributed by atoms with E-state index in [1.165, 1.54) is 6.34 Å². The maximum absolute atomic E-state index is 12.5. The summed E-state index contributed by atoms with van der Waals surface area (Å²) >= 11 is 6.68. The quantitative estimate of drug-likeness (QED) is 0.338. The van der Waals surface area contributed by atoms with E-state index in [1.54, 1.807) is 18.6 Å². The first kappa shape index (κ1) is 25.1. The maximum Gasteiger partial charge on any atom is 0.316 e. The average molecular weight is 602 g/mol. The molecule has 0 radical (unpaired) electrons. The zero-order valence-electron chi connectivity index (χ0n) is 17.6. The molecule has 0 amide bonds. The lowest BCUT2D eigenvalue weighted by atomic mass is 10.0. The van der Waals surface area contributed by atoms with Crippen LogP contribution in [0.5, 0.6) is 6.01 Å². The second-order valence-electron chi connectivity index (χ2n) is 6.54. The zero-order valence-corrected chi connectivity index (χ0v) is 21.6. The molecule has 1 aliphatic heterocycles. The van der Waals surface area contributed by atoms with Crippen LogP contribution in [0.4, 0.5) is 0 Å². The Morgan fingerprint density at radius 3 is 2.42 bits per heavy atom. The summed E-state index contributed by atoms with van der Waals surface area (Å²) in [5.41, 5.74) is 1.17. The SMILES string of the molecule is CCCNS(=O)(=O)NC1=C(c2ccc(Br)cc2)C(OCCOc2ncc(Br)cn2)=CNC=N1. The van der Waals surface area contributed by atoms with E-state index in [2.05, 4.69) is 61.6 Å². The van der Waals surface area contributed by atoms with Gasteiger partial charge in [-0.2, -0.15) is 13.1 Å². The van der Waals surface area contributed by atoms with Gasteiger partial charge >= 0.3 is 6.01 Å². The van der Waals surface area contributed by atoms with Crippen molar-refractivity contribution < 1.29 is 17.9 Å². The molecule has 3 N–H and O–H groups in total. The number of nitrogens with zero attached hydrogens (tertiary/aromatic N) is 3. The van der Waals surface area contributed by atoms with Gasteiger partial charge in [0.05, 0.1) is 16.4 Å². The fraction of sp³-hybridized carbons (Fsp3) is 0.250. The molecule has 0 aliphatic carbocycles. The molecular weight excluding hydrogens is 580 g/mol. The van der Waals surface area contributed by atoms with Gasteiger partial charge in [-0.15, -0.1) is 0 Å². The van der Waals surface area contributed by atoms with Gasteiger partial charge in [-0.1, -0.05) is 35.0 Å². The molecule has 3 rings (SSSR count). The van der Waals surface area contributed by atoms with Crippen LogP contribution >= 0.6 is 31.9 Å². The Bertz CT molecular complexity index is 1140. The molecule has 10 nitrogen and oxygen atoms in total. The molecule has 2 heterocycles. The molecule has 13 heteroatoms. The summed E-state index contributed by atoms with van der Waals surface area (Å²) in [6.07, 6.45) is 6.78. The third-order valence-electron chi connectivity index (χ3n) is 4.04. The molecule has 0 bridgehead atoms. The Morgan fingerprint density at radius 1 is 1.03 bits per heavy atom. The van der Waals surface area contributed by atoms with Crippen molar-refractivity contribution in [3.8, 4) is 6.01 Å². The number of aromatic nitrogens is 2. The smallest absolute Gasteiger partial charge is 0.316 e. The van der Waals surface area contributed by atoms with Gasteiger partial charge in [-0.25, -0.2) is 15.0 Å². The van der Waals surface area contributed by atoms with E-state index in [4.69, 9.17) is 9.47 Å². The van der Waals surface area contributed by atoms with E-state index in [-0.39, 0.29) is 25.0 Å². The number of allylic oxidation sites excluding steroid dienone is 1. The topological polar surface area (TPSA) is 127 Å². The summed E-state index contributed by atoms with van der Waals surface area (Å²) in [7, 11) is -3.83. The van der Waals surface area contributed by atoms with Crippen LogP contribution in [-0.4, -0.2) is 44.5 Å². The predicted molar refractivity (Wildman–Crippen MR) is 132 cm³/mol. The van der Waals surface area contributed by atoms with Crippen molar-refractivity contribution in [3.63, 3.8) is 0 Å². The Hall–Kier alpha value is -2.48. The predicted octanol–water partition coefficient (Wildman–Crippen LogP) is 3.07. The largest absolute Gasteiger partial charge is 0.488 e. The highest BCUT2D eigenvalue weighted by atomic mass is 79.9. The second kappa shape index (κ2) is 12.1. The molecule has 0 spiro atoms. The van der Waals surface area contributed by atoms with Gasteiger partial charge in [0.2, 0.25) is 0 Å². The first-order valence-corrected chi connectivity index (χ1v) is 12.9. The van der Waals surface area contributed by atoms with Crippen LogP contribution in [-0.2, 0) is 14.9 Å². The molecule has 176 valence electrons. The van der Waals surface area contributed by atoms with Crippen molar-refractivity contribution in [2.45, 2.75) is 13.3 Å². The average Bonchev–Trinajstić information content (AvgIpc) is 2.99. The molecule has 33 heavy (non-hydrogen) atoms. The van der Waals surface area contributed by atoms with Crippen molar-refractivity contribution in [2.24, 2.45) is 4.99 Å². The lowest BCUT2D eigenvalue weighted by Crippen LogP contribution is -2.36. The van der Waals surface area contributed by atoms with Gasteiger partial charge in [0.1, 0.15) is 19.0 Å². The van der Waals surface area contributed by atoms with Crippen molar-refractivity contribution >= 4 is 54.0 Å². The monoisotopic (exact) mass is 600 g/mol. The van der Waals surface area contributed by atoms with Crippen molar-refractivity contribution in [1.82, 2.24) is 24.7 Å². The van der Waals surface area contributed by atoms with Crippen LogP contribution in [0.25, 0.3) is 5.57 Å². The van der Waals surface area contributed by atoms with E-state index >= 15 is 0 Å². The van der Waals surface area contributed by atoms with Crippen LogP contribution in [0.15, 0.2) is 68.4 Å². The van der Waals surface area contributed by atoms with Crippen molar-refractivity contribution in [2.75, 3.05) is 19.8 Å². The molecule has 1 aromatic carbocycles. The minimum absolute atomic E-state index is 0.106. The fourth-order valence-electron chi connectivity index (χ4n) is 2.61. The molecule has 0 fully saturated rings. The van der Waals surface area contributed by atoms with Crippen LogP contribution in [0.1, 0.15) is 18.9 Å². The number of rotatable bonds is 11. The summed E-state index contributed by atoms with van der Waals surface area (Å²) in [5, 5.41) is 2.88. The number of nitrogens with one attached hydrogen (secondary N) is 3. The molecule has 0 saturated carbocycles. The lowest BCUT2D eigenvalue weighted by Gasteiger charge is -2.17. The molecule has 2 aromatic rings. The maximum atomic E-state index is 12.5. The highest BCUT2D eigenvalue weighted by molar-refractivity contribution is 9.10. The standard InChI is InChI=1S/C20H22Br2N6O4S/c1-2-7-27-33(29,30)28-19-18(14-3-5-15(21)6-4-14)17(12-23-13-26-19)31-8-9-32-20-24-10-16(22)11-25-20/h3-6,10-13,27-28H,2,7-9H2,1H3,(H,23,26). The summed E-state index contributed by atoms with van der Waals surface area (Å²) in [6, 6.07) is 7.57. The van der Waals surface area contributed by atoms with Gasteiger partial charge in [0, 0.05) is 29.6 Å². The first-order chi connectivity index (χ1) is 15.9. The van der Waals surface area contributed by atoms with Crippen molar-refractivity contribution in [1.29, 1.82) is 0 Å². The van der Waals surface area contributed by atoms with Gasteiger partial charge in [0.25, 0.3) is 10.2 Å². The Labute approximate surface area is 209 Å². The van der Waals surface area contributed by atoms with Crippen LogP contribution in [0.3, 0.4) is 0 Å². The minimum atomic E-state index is -3.83. The van der Waals surface area contributed by atoms with Gasteiger partial charge in [-0.3, -0.25) is 4.72 Å². The highest BCUT2D eigenvalue weighted by Gasteiger charge is 2.21. The summed E-state index contributed by atoms with van der Waals surface area (Å²) < 4.78 is 43.0. The summed E-state index contributed by atoms with van der Waals surface area (Å²) in [4.78, 5) is 12.3. The fourth-order valence-corrected chi connectivity index (χ4v) is 4.04. The lowest BCUT2D eigenvalue weighted by molar-refractivity contribution is 0.158. The third-order valence-corrected chi connectivity index (χ3v) is 6.02. The number of hydrogen-bond acceptors (Lipinski definition) is 8. The number of aliphatic imine (C=N–C) groups is 1. The number of ether oxygens (including phenoxy) is 2. The Kier molecular flexibility index (Phi) is 9.23. The number of halogens is 2. The van der Waals surface area contributed by atoms with E-state index in [1.807, 2.05) is 31.2 Å². The van der Waals surface area contributed by atoms with Crippen molar-refractivity contribution in [3.05, 3.63) is 68.9 Å². The molecule has 1 aromatic heterocycles. The molecule has 1 aliphatic rings. The van der Waals surface area contributed by atoms with Crippen LogP contribution < -0.4 is 19.5 Å². The normalized spacial score (nSPS) is 13.7. The number of benzene rings is 1. The third kappa shape index (κ3) is 7.81. The zero-order chi connectivity index (χ0) is 23.7. The van der Waals surface area contributed by atoms with Gasteiger partial charge in [-0.05, 0) is 40.0 Å². The minimum Gasteiger partial charge on any atom is -0.488 e. The molecule has 0 saturated heterocycles. The first-order valence-electron chi connectivity index (χ1n) is 9.88. The summed E-state index contributed by atoms with van der Waals surface area (Å²) in [6.45, 7) is 2.50. The molecule has 0 unspecified atom stereocenters. The molecule has 0 atom stereocenters. The Morgan fingerprint density at radius 2 is 1.73 bits per heavy atom. The van der Waals surface area contributed by atoms with E-state index in [9.17, 15) is 8.42 Å². The van der Waals surface area contributed by atoms with E-state index < -0.39 is 10.2 Å². The Balaban J connectivity index is 1.82. The van der Waals surface area contributed by atoms with Crippen LogP contribution in [0, 0.1) is 0 Å². The number of hydrogen-bond donors (Lipinski definition) is 3. The van der Waals surface area contributed by atoms with E-state index in [0.29, 0.717) is 29.9 Å². The summed E-state index contributed by atoms with van der Waals surface area (Å²) in [5.74, 6) is 0.484. The highest BCUT2D eigenvalue weighted by Crippen LogP contribution is 2.29. The van der Waals surface area contributed by atoms with Gasteiger partial charge < -0.3 is 14.8 Å². The van der Waals surface area contributed by atoms with Crippen LogP contribution in [0.2, 0.25) is 0 Å². The second-order valence-corrected chi connectivity index (χ2v) is 9.88.